The fraction of sp³-hybridized carbons (Fsp3) is 0.0625. The lowest BCUT2D eigenvalue weighted by molar-refractivity contribution is 0.668. The average Bonchev–Trinajstić information content (AvgIpc) is 3.82. The normalized spacial score (nSPS) is 13.8. The van der Waals surface area contributed by atoms with E-state index in [0.717, 1.165) is 33.5 Å². The number of fused-ring (bicyclic) bond motifs is 9. The molecule has 13 rings (SSSR count). The third kappa shape index (κ3) is 5.48. The van der Waals surface area contributed by atoms with Crippen molar-refractivity contribution in [1.82, 2.24) is 9.97 Å². The second-order valence-corrected chi connectivity index (χ2v) is 18.4. The summed E-state index contributed by atoms with van der Waals surface area (Å²) in [5, 5.41) is 4.97. The highest BCUT2D eigenvalue weighted by Crippen LogP contribution is 2.59. The summed E-state index contributed by atoms with van der Waals surface area (Å²) in [7, 11) is 0. The summed E-state index contributed by atoms with van der Waals surface area (Å²) < 4.78 is 0. The molecule has 0 saturated carbocycles. The van der Waals surface area contributed by atoms with Crippen molar-refractivity contribution < 1.29 is 0 Å². The van der Waals surface area contributed by atoms with Gasteiger partial charge in [0, 0.05) is 22.1 Å². The van der Waals surface area contributed by atoms with Gasteiger partial charge in [-0.25, -0.2) is 9.97 Å². The Morgan fingerprint density at radius 2 is 0.818 bits per heavy atom. The summed E-state index contributed by atoms with van der Waals surface area (Å²) in [5.74, 6) is 0.699. The van der Waals surface area contributed by atoms with Crippen LogP contribution in [0, 0.1) is 0 Å². The predicted molar refractivity (Wildman–Crippen MR) is 274 cm³/mol. The molecule has 0 N–H and O–H groups in total. The molecular formula is C64H44N2. The van der Waals surface area contributed by atoms with E-state index in [0.29, 0.717) is 5.82 Å². The molecule has 0 saturated heterocycles. The molecule has 0 spiro atoms. The first-order valence-electron chi connectivity index (χ1n) is 23.0. The lowest BCUT2D eigenvalue weighted by atomic mass is 9.67. The van der Waals surface area contributed by atoms with Crippen LogP contribution in [0.2, 0.25) is 0 Å². The van der Waals surface area contributed by atoms with Gasteiger partial charge in [0.1, 0.15) is 0 Å². The highest BCUT2D eigenvalue weighted by atomic mass is 14.9. The molecule has 310 valence electrons. The van der Waals surface area contributed by atoms with Crippen LogP contribution >= 0.6 is 0 Å². The van der Waals surface area contributed by atoms with Crippen molar-refractivity contribution in [2.45, 2.75) is 24.7 Å². The minimum atomic E-state index is -0.519. The van der Waals surface area contributed by atoms with Gasteiger partial charge in [-0.15, -0.1) is 0 Å². The zero-order valence-electron chi connectivity index (χ0n) is 36.8. The molecular weight excluding hydrogens is 797 g/mol. The van der Waals surface area contributed by atoms with Crippen LogP contribution in [-0.2, 0) is 10.8 Å². The molecule has 0 amide bonds. The average molecular weight is 841 g/mol. The van der Waals surface area contributed by atoms with Crippen molar-refractivity contribution in [2.24, 2.45) is 0 Å². The maximum Gasteiger partial charge on any atom is 0.160 e. The van der Waals surface area contributed by atoms with Crippen molar-refractivity contribution in [3.05, 3.63) is 264 Å². The molecule has 0 bridgehead atoms. The molecule has 2 nitrogen and oxygen atoms in total. The van der Waals surface area contributed by atoms with Gasteiger partial charge in [0.2, 0.25) is 0 Å². The van der Waals surface area contributed by atoms with Gasteiger partial charge in [0.15, 0.2) is 5.82 Å². The summed E-state index contributed by atoms with van der Waals surface area (Å²) in [6.07, 6.45) is 0. The monoisotopic (exact) mass is 840 g/mol. The number of rotatable bonds is 6. The van der Waals surface area contributed by atoms with Crippen molar-refractivity contribution in [2.75, 3.05) is 0 Å². The molecule has 10 aromatic carbocycles. The Morgan fingerprint density at radius 3 is 1.55 bits per heavy atom. The van der Waals surface area contributed by atoms with Crippen molar-refractivity contribution >= 4 is 21.5 Å². The van der Waals surface area contributed by atoms with Gasteiger partial charge in [-0.05, 0) is 94.4 Å². The molecule has 0 atom stereocenters. The van der Waals surface area contributed by atoms with Crippen LogP contribution in [0.3, 0.4) is 0 Å². The molecule has 2 heteroatoms. The van der Waals surface area contributed by atoms with Gasteiger partial charge in [0.25, 0.3) is 0 Å². The van der Waals surface area contributed by atoms with Crippen LogP contribution in [0.15, 0.2) is 231 Å². The van der Waals surface area contributed by atoms with E-state index >= 15 is 0 Å². The minimum Gasteiger partial charge on any atom is -0.228 e. The Bertz CT molecular complexity index is 3680. The fourth-order valence-corrected chi connectivity index (χ4v) is 11.9. The first-order valence-corrected chi connectivity index (χ1v) is 23.0. The summed E-state index contributed by atoms with van der Waals surface area (Å²) in [5.41, 5.74) is 19.6. The summed E-state index contributed by atoms with van der Waals surface area (Å²) in [6, 6.07) is 84.2. The van der Waals surface area contributed by atoms with E-state index < -0.39 is 5.41 Å². The number of nitrogens with zero attached hydrogens (tertiary/aromatic N) is 2. The van der Waals surface area contributed by atoms with Crippen LogP contribution in [0.1, 0.15) is 47.2 Å². The summed E-state index contributed by atoms with van der Waals surface area (Å²) in [4.78, 5) is 10.9. The third-order valence-electron chi connectivity index (χ3n) is 14.5. The van der Waals surface area contributed by atoms with Gasteiger partial charge < -0.3 is 0 Å². The van der Waals surface area contributed by atoms with E-state index in [2.05, 4.69) is 244 Å². The van der Waals surface area contributed by atoms with Gasteiger partial charge in [-0.2, -0.15) is 0 Å². The quantitative estimate of drug-likeness (QED) is 0.167. The van der Waals surface area contributed by atoms with Crippen LogP contribution in [0.25, 0.3) is 88.8 Å². The van der Waals surface area contributed by atoms with E-state index in [1.54, 1.807) is 0 Å². The smallest absolute Gasteiger partial charge is 0.160 e. The number of benzene rings is 10. The molecule has 1 aromatic heterocycles. The second-order valence-electron chi connectivity index (χ2n) is 18.4. The third-order valence-corrected chi connectivity index (χ3v) is 14.5. The van der Waals surface area contributed by atoms with Crippen molar-refractivity contribution in [1.29, 1.82) is 0 Å². The molecule has 0 aliphatic heterocycles. The van der Waals surface area contributed by atoms with E-state index in [9.17, 15) is 0 Å². The SMILES string of the molecule is CC1(C)c2c(cccc2-c2ccc(-c3cc(-c4cccc5c4-c4ccccc4C5(c4ccccc4)c4ccccc4)nc(-c4ccccc4)n3)c3ccccc23)-c2ccc3ccccc3c21. The van der Waals surface area contributed by atoms with Gasteiger partial charge in [-0.1, -0.05) is 238 Å². The van der Waals surface area contributed by atoms with Crippen LogP contribution in [0.5, 0.6) is 0 Å². The Balaban J connectivity index is 1.03. The highest BCUT2D eigenvalue weighted by Gasteiger charge is 2.47. The maximum absolute atomic E-state index is 5.47. The van der Waals surface area contributed by atoms with E-state index in [1.807, 2.05) is 0 Å². The Labute approximate surface area is 385 Å². The number of hydrogen-bond donors (Lipinski definition) is 0. The Hall–Kier alpha value is -8.20. The molecule has 66 heavy (non-hydrogen) atoms. The van der Waals surface area contributed by atoms with Crippen LogP contribution < -0.4 is 0 Å². The molecule has 2 aliphatic rings. The van der Waals surface area contributed by atoms with E-state index in [1.165, 1.54) is 82.9 Å². The van der Waals surface area contributed by atoms with E-state index in [-0.39, 0.29) is 5.41 Å². The highest BCUT2D eigenvalue weighted by molar-refractivity contribution is 6.08. The maximum atomic E-state index is 5.47. The molecule has 0 radical (unpaired) electrons. The fourth-order valence-electron chi connectivity index (χ4n) is 11.9. The molecule has 0 fully saturated rings. The number of hydrogen-bond acceptors (Lipinski definition) is 2. The van der Waals surface area contributed by atoms with Crippen molar-refractivity contribution in [3.8, 4) is 67.3 Å². The summed E-state index contributed by atoms with van der Waals surface area (Å²) in [6.45, 7) is 4.81. The van der Waals surface area contributed by atoms with Crippen LogP contribution in [-0.4, -0.2) is 9.97 Å². The zero-order valence-corrected chi connectivity index (χ0v) is 36.8. The van der Waals surface area contributed by atoms with E-state index in [4.69, 9.17) is 9.97 Å². The Morgan fingerprint density at radius 1 is 0.333 bits per heavy atom. The molecule has 2 aliphatic carbocycles. The molecule has 11 aromatic rings. The van der Waals surface area contributed by atoms with Gasteiger partial charge in [0.05, 0.1) is 16.8 Å². The Kier molecular flexibility index (Phi) is 8.51. The van der Waals surface area contributed by atoms with Crippen molar-refractivity contribution in [3.63, 3.8) is 0 Å². The topological polar surface area (TPSA) is 25.8 Å². The minimum absolute atomic E-state index is 0.207. The zero-order chi connectivity index (χ0) is 44.0. The predicted octanol–water partition coefficient (Wildman–Crippen LogP) is 16.1. The lowest BCUT2D eigenvalue weighted by Gasteiger charge is -2.33. The summed E-state index contributed by atoms with van der Waals surface area (Å²) >= 11 is 0. The first kappa shape index (κ1) is 38.3. The lowest BCUT2D eigenvalue weighted by Crippen LogP contribution is -2.28. The molecule has 1 heterocycles. The molecule has 0 unspecified atom stereocenters. The van der Waals surface area contributed by atoms with Crippen LogP contribution in [0.4, 0.5) is 0 Å². The van der Waals surface area contributed by atoms with Gasteiger partial charge >= 0.3 is 0 Å². The first-order chi connectivity index (χ1) is 32.5. The number of aromatic nitrogens is 2. The second kappa shape index (κ2) is 14.7. The largest absolute Gasteiger partial charge is 0.228 e. The standard InChI is InChI=1S/C64H44N2/c1-63(2)60-45-27-13-12-20-41(45)36-37-52(60)51-32-18-31-50(61(51)63)48-38-39-49(47-29-15-14-28-46(47)48)57-40-58(66-62(65-57)42-21-6-3-7-22-42)54-33-19-35-56-59(54)53-30-16-17-34-55(53)64(56,43-23-8-4-9-24-43)44-25-10-5-11-26-44/h3-40H,1-2H3. The van der Waals surface area contributed by atoms with Gasteiger partial charge in [-0.3, -0.25) is 0 Å².